The van der Waals surface area contributed by atoms with E-state index >= 15 is 0 Å². The lowest BCUT2D eigenvalue weighted by Gasteiger charge is -2.18. The highest BCUT2D eigenvalue weighted by atomic mass is 35.5. The Kier molecular flexibility index (Phi) is 4.71. The van der Waals surface area contributed by atoms with E-state index in [1.165, 1.54) is 0 Å². The second kappa shape index (κ2) is 6.98. The molecular formula is C19H23ClNO4+. The molecule has 4 rings (SSSR count). The molecule has 3 N–H and O–H groups in total. The fraction of sp³-hybridized carbons (Fsp3) is 0.526. The van der Waals surface area contributed by atoms with Gasteiger partial charge >= 0.3 is 5.63 Å². The van der Waals surface area contributed by atoms with Crippen LogP contribution in [0.2, 0.25) is 5.02 Å². The first-order valence-corrected chi connectivity index (χ1v) is 9.45. The van der Waals surface area contributed by atoms with Gasteiger partial charge in [0.1, 0.15) is 24.9 Å². The molecule has 2 aromatic rings. The second-order valence-electron chi connectivity index (χ2n) is 6.98. The molecule has 1 fully saturated rings. The highest BCUT2D eigenvalue weighted by molar-refractivity contribution is 6.33. The summed E-state index contributed by atoms with van der Waals surface area (Å²) in [6.07, 6.45) is 6.12. The average Bonchev–Trinajstić information content (AvgIpc) is 3.13. The fourth-order valence-electron chi connectivity index (χ4n) is 4.03. The predicted octanol–water partition coefficient (Wildman–Crippen LogP) is 2.27. The zero-order valence-corrected chi connectivity index (χ0v) is 14.9. The molecule has 0 spiro atoms. The van der Waals surface area contributed by atoms with Crippen molar-refractivity contribution in [1.29, 1.82) is 0 Å². The van der Waals surface area contributed by atoms with Gasteiger partial charge in [-0.1, -0.05) is 11.6 Å². The summed E-state index contributed by atoms with van der Waals surface area (Å²) >= 11 is 6.27. The normalized spacial score (nSPS) is 20.1. The molecule has 6 heteroatoms. The number of halogens is 1. The first-order valence-electron chi connectivity index (χ1n) is 9.07. The highest BCUT2D eigenvalue weighted by Gasteiger charge is 2.24. The molecule has 1 aromatic carbocycles. The molecule has 5 nitrogen and oxygen atoms in total. The lowest BCUT2D eigenvalue weighted by atomic mass is 9.90. The molecule has 25 heavy (non-hydrogen) atoms. The van der Waals surface area contributed by atoms with Crippen LogP contribution in [-0.2, 0) is 24.1 Å². The number of phenols is 1. The summed E-state index contributed by atoms with van der Waals surface area (Å²) in [4.78, 5) is 12.4. The van der Waals surface area contributed by atoms with Crippen LogP contribution in [0.5, 0.6) is 5.75 Å². The van der Waals surface area contributed by atoms with Crippen LogP contribution in [0.3, 0.4) is 0 Å². The van der Waals surface area contributed by atoms with Crippen molar-refractivity contribution >= 4 is 22.6 Å². The van der Waals surface area contributed by atoms with E-state index in [-0.39, 0.29) is 17.5 Å². The van der Waals surface area contributed by atoms with Crippen LogP contribution < -0.4 is 10.9 Å². The Morgan fingerprint density at radius 3 is 2.80 bits per heavy atom. The number of aryl methyl sites for hydroxylation is 1. The van der Waals surface area contributed by atoms with Gasteiger partial charge in [0.25, 0.3) is 0 Å². The van der Waals surface area contributed by atoms with Crippen LogP contribution in [0, 0.1) is 0 Å². The summed E-state index contributed by atoms with van der Waals surface area (Å²) in [5.74, 6) is 0.0108. The molecule has 0 radical (unpaired) electrons. The van der Waals surface area contributed by atoms with Gasteiger partial charge in [0, 0.05) is 17.6 Å². The summed E-state index contributed by atoms with van der Waals surface area (Å²) in [6, 6.07) is 1.74. The molecule has 134 valence electrons. The Morgan fingerprint density at radius 1 is 1.24 bits per heavy atom. The largest absolute Gasteiger partial charge is 0.506 e. The van der Waals surface area contributed by atoms with Crippen molar-refractivity contribution in [2.75, 3.05) is 13.2 Å². The highest BCUT2D eigenvalue weighted by Crippen LogP contribution is 2.37. The number of ether oxygens (including phenoxy) is 1. The standard InChI is InChI=1S/C19H22ClNO4/c20-16-8-14-12-5-1-2-6-13(12)19(23)25-18(14)15(17(16)22)10-21-9-11-4-3-7-24-11/h8,11,21-22H,1-7,9-10H2/p+1/t11-/m0/s1. The molecule has 2 aliphatic rings. The van der Waals surface area contributed by atoms with Crippen molar-refractivity contribution < 1.29 is 19.6 Å². The number of hydrogen-bond acceptors (Lipinski definition) is 4. The summed E-state index contributed by atoms with van der Waals surface area (Å²) in [7, 11) is 0. The lowest BCUT2D eigenvalue weighted by Crippen LogP contribution is -2.84. The molecule has 1 aliphatic heterocycles. The molecule has 0 amide bonds. The number of aromatic hydroxyl groups is 1. The van der Waals surface area contributed by atoms with Gasteiger partial charge in [-0.2, -0.15) is 0 Å². The minimum Gasteiger partial charge on any atom is -0.506 e. The van der Waals surface area contributed by atoms with Crippen molar-refractivity contribution in [3.8, 4) is 5.75 Å². The maximum absolute atomic E-state index is 12.4. The van der Waals surface area contributed by atoms with Crippen LogP contribution in [-0.4, -0.2) is 24.4 Å². The van der Waals surface area contributed by atoms with E-state index in [0.29, 0.717) is 22.7 Å². The minimum atomic E-state index is -0.274. The van der Waals surface area contributed by atoms with Crippen LogP contribution in [0.25, 0.3) is 11.0 Å². The smallest absolute Gasteiger partial charge is 0.339 e. The van der Waals surface area contributed by atoms with Crippen molar-refractivity contribution in [3.63, 3.8) is 0 Å². The average molecular weight is 365 g/mol. The third-order valence-corrected chi connectivity index (χ3v) is 5.63. The van der Waals surface area contributed by atoms with Crippen LogP contribution in [0.4, 0.5) is 0 Å². The Balaban J connectivity index is 1.72. The number of hydrogen-bond donors (Lipinski definition) is 2. The quantitative estimate of drug-likeness (QED) is 0.816. The molecule has 2 heterocycles. The number of fused-ring (bicyclic) bond motifs is 3. The number of rotatable bonds is 4. The van der Waals surface area contributed by atoms with Gasteiger partial charge in [-0.25, -0.2) is 4.79 Å². The van der Waals surface area contributed by atoms with Crippen molar-refractivity contribution in [2.24, 2.45) is 0 Å². The minimum absolute atomic E-state index is 0.0108. The van der Waals surface area contributed by atoms with E-state index in [1.807, 2.05) is 0 Å². The maximum atomic E-state index is 12.4. The number of phenolic OH excluding ortho intramolecular Hbond substituents is 1. The van der Waals surface area contributed by atoms with E-state index in [1.54, 1.807) is 6.07 Å². The van der Waals surface area contributed by atoms with Crippen molar-refractivity contribution in [1.82, 2.24) is 0 Å². The van der Waals surface area contributed by atoms with Crippen molar-refractivity contribution in [3.05, 3.63) is 38.2 Å². The van der Waals surface area contributed by atoms with E-state index in [2.05, 4.69) is 5.32 Å². The van der Waals surface area contributed by atoms with Crippen molar-refractivity contribution in [2.45, 2.75) is 51.2 Å². The van der Waals surface area contributed by atoms with E-state index in [9.17, 15) is 9.90 Å². The fourth-order valence-corrected chi connectivity index (χ4v) is 4.25. The van der Waals surface area contributed by atoms with Gasteiger partial charge in [0.05, 0.1) is 10.6 Å². The van der Waals surface area contributed by atoms with Gasteiger partial charge in [-0.05, 0) is 50.2 Å². The monoisotopic (exact) mass is 364 g/mol. The topological polar surface area (TPSA) is 76.3 Å². The van der Waals surface area contributed by atoms with Crippen LogP contribution in [0.1, 0.15) is 42.4 Å². The molecule has 1 atom stereocenters. The number of benzene rings is 1. The first-order chi connectivity index (χ1) is 12.1. The predicted molar refractivity (Wildman–Crippen MR) is 95.3 cm³/mol. The van der Waals surface area contributed by atoms with Gasteiger partial charge in [-0.3, -0.25) is 0 Å². The Bertz CT molecular complexity index is 855. The summed E-state index contributed by atoms with van der Waals surface area (Å²) in [5, 5.41) is 13.7. The molecule has 0 bridgehead atoms. The van der Waals surface area contributed by atoms with E-state index < -0.39 is 0 Å². The molecule has 1 aromatic heterocycles. The first kappa shape index (κ1) is 16.9. The van der Waals surface area contributed by atoms with E-state index in [4.69, 9.17) is 20.8 Å². The summed E-state index contributed by atoms with van der Waals surface area (Å²) < 4.78 is 11.3. The molecule has 0 unspecified atom stereocenters. The molecular weight excluding hydrogens is 342 g/mol. The van der Waals surface area contributed by atoms with Gasteiger partial charge in [0.2, 0.25) is 0 Å². The Hall–Kier alpha value is -1.56. The third kappa shape index (κ3) is 3.16. The van der Waals surface area contributed by atoms with Crippen LogP contribution in [0.15, 0.2) is 15.3 Å². The van der Waals surface area contributed by atoms with Crippen LogP contribution >= 0.6 is 11.6 Å². The third-order valence-electron chi connectivity index (χ3n) is 5.34. The molecule has 1 aliphatic carbocycles. The number of nitrogens with two attached hydrogens (primary N) is 1. The number of quaternary nitrogens is 1. The second-order valence-corrected chi connectivity index (χ2v) is 7.39. The van der Waals surface area contributed by atoms with Gasteiger partial charge in [-0.15, -0.1) is 0 Å². The molecule has 0 saturated carbocycles. The summed E-state index contributed by atoms with van der Waals surface area (Å²) in [6.45, 7) is 2.15. The zero-order chi connectivity index (χ0) is 17.4. The summed E-state index contributed by atoms with van der Waals surface area (Å²) in [5.41, 5.74) is 2.63. The SMILES string of the molecule is O=c1oc2c(C[NH2+]C[C@@H]3CCCO3)c(O)c(Cl)cc2c2c1CCCC2. The van der Waals surface area contributed by atoms with Gasteiger partial charge < -0.3 is 19.6 Å². The van der Waals surface area contributed by atoms with Gasteiger partial charge in [0.15, 0.2) is 5.58 Å². The maximum Gasteiger partial charge on any atom is 0.339 e. The molecule has 1 saturated heterocycles. The zero-order valence-electron chi connectivity index (χ0n) is 14.1. The lowest BCUT2D eigenvalue weighted by molar-refractivity contribution is -0.676. The Morgan fingerprint density at radius 2 is 2.04 bits per heavy atom. The van der Waals surface area contributed by atoms with E-state index in [0.717, 1.165) is 68.2 Å². The Labute approximate surface area is 150 Å².